The van der Waals surface area contributed by atoms with Crippen molar-refractivity contribution < 1.29 is 10.2 Å². The summed E-state index contributed by atoms with van der Waals surface area (Å²) < 4.78 is 0. The van der Waals surface area contributed by atoms with Crippen molar-refractivity contribution in [2.24, 2.45) is 0 Å². The lowest BCUT2D eigenvalue weighted by Crippen LogP contribution is -2.49. The van der Waals surface area contributed by atoms with E-state index in [1.807, 2.05) is 13.8 Å². The molecule has 7 nitrogen and oxygen atoms in total. The van der Waals surface area contributed by atoms with Gasteiger partial charge < -0.3 is 15.5 Å². The Balaban J connectivity index is 1.87. The summed E-state index contributed by atoms with van der Waals surface area (Å²) in [5.74, 6) is 0.553. The van der Waals surface area contributed by atoms with Gasteiger partial charge in [0.25, 0.3) is 0 Å². The van der Waals surface area contributed by atoms with Crippen LogP contribution < -0.4 is 10.6 Å². The third kappa shape index (κ3) is 2.59. The van der Waals surface area contributed by atoms with Gasteiger partial charge >= 0.3 is 0 Å². The zero-order valence-electron chi connectivity index (χ0n) is 10.5. The summed E-state index contributed by atoms with van der Waals surface area (Å²) in [5.41, 5.74) is -0.515. The van der Waals surface area contributed by atoms with Gasteiger partial charge in [0.15, 0.2) is 6.35 Å². The lowest BCUT2D eigenvalue weighted by Gasteiger charge is -2.33. The number of aliphatic hydroxyl groups is 2. The van der Waals surface area contributed by atoms with E-state index in [1.54, 1.807) is 23.4 Å². The van der Waals surface area contributed by atoms with E-state index in [2.05, 4.69) is 20.6 Å². The molecular weight excluding hydrogens is 234 g/mol. The first-order valence-electron chi connectivity index (χ1n) is 5.91. The molecule has 2 heterocycles. The van der Waals surface area contributed by atoms with Crippen LogP contribution in [0.25, 0.3) is 0 Å². The van der Waals surface area contributed by atoms with E-state index in [0.29, 0.717) is 19.0 Å². The highest BCUT2D eigenvalue weighted by Crippen LogP contribution is 2.25. The molecule has 7 heteroatoms. The molecule has 0 amide bonds. The molecule has 0 spiro atoms. The highest BCUT2D eigenvalue weighted by Gasteiger charge is 2.45. The molecule has 0 bridgehead atoms. The molecular formula is C11H19N5O2. The Bertz CT molecular complexity index is 386. The second-order valence-electron chi connectivity index (χ2n) is 4.79. The maximum atomic E-state index is 9.79. The monoisotopic (exact) mass is 253 g/mol. The van der Waals surface area contributed by atoms with Crippen LogP contribution in [0, 0.1) is 0 Å². The lowest BCUT2D eigenvalue weighted by molar-refractivity contribution is -0.0191. The molecule has 1 fully saturated rings. The summed E-state index contributed by atoms with van der Waals surface area (Å²) >= 11 is 0. The van der Waals surface area contributed by atoms with Gasteiger partial charge in [0.1, 0.15) is 6.23 Å². The molecule has 0 aliphatic carbocycles. The third-order valence-electron chi connectivity index (χ3n) is 3.21. The van der Waals surface area contributed by atoms with Crippen LogP contribution in [0.2, 0.25) is 0 Å². The van der Waals surface area contributed by atoms with Crippen LogP contribution in [0.4, 0.5) is 5.95 Å². The zero-order valence-corrected chi connectivity index (χ0v) is 10.5. The number of nitrogens with one attached hydrogen (secondary N) is 2. The maximum absolute atomic E-state index is 9.79. The van der Waals surface area contributed by atoms with Gasteiger partial charge in [0.2, 0.25) is 5.95 Å². The molecule has 1 aromatic rings. The highest BCUT2D eigenvalue weighted by molar-refractivity contribution is 5.21. The van der Waals surface area contributed by atoms with Gasteiger partial charge in [-0.25, -0.2) is 9.97 Å². The zero-order chi connectivity index (χ0) is 13.2. The first-order valence-corrected chi connectivity index (χ1v) is 5.91. The van der Waals surface area contributed by atoms with Crippen LogP contribution in [-0.2, 0) is 0 Å². The maximum Gasteiger partial charge on any atom is 0.222 e. The van der Waals surface area contributed by atoms with Crippen molar-refractivity contribution in [2.45, 2.75) is 32.0 Å². The van der Waals surface area contributed by atoms with Crippen LogP contribution in [0.3, 0.4) is 0 Å². The first kappa shape index (κ1) is 13.2. The van der Waals surface area contributed by atoms with Gasteiger partial charge in [-0.15, -0.1) is 0 Å². The minimum atomic E-state index is -0.839. The largest absolute Gasteiger partial charge is 0.377 e. The smallest absolute Gasteiger partial charge is 0.222 e. The van der Waals surface area contributed by atoms with Gasteiger partial charge in [-0.2, -0.15) is 0 Å². The Kier molecular flexibility index (Phi) is 3.76. The van der Waals surface area contributed by atoms with Crippen LogP contribution in [-0.4, -0.2) is 56.3 Å². The molecule has 2 atom stereocenters. The normalized spacial score (nSPS) is 27.3. The number of nitrogens with zero attached hydrogens (tertiary/aromatic N) is 3. The van der Waals surface area contributed by atoms with Crippen molar-refractivity contribution in [2.75, 3.05) is 18.4 Å². The van der Waals surface area contributed by atoms with Crippen molar-refractivity contribution in [3.63, 3.8) is 0 Å². The SMILES string of the molecule is CC1(C)C(O)NC(O)N1CCNc1ncccn1. The molecule has 18 heavy (non-hydrogen) atoms. The third-order valence-corrected chi connectivity index (χ3v) is 3.21. The Morgan fingerprint density at radius 1 is 1.39 bits per heavy atom. The molecule has 2 unspecified atom stereocenters. The number of aromatic nitrogens is 2. The Morgan fingerprint density at radius 3 is 2.61 bits per heavy atom. The van der Waals surface area contributed by atoms with E-state index in [1.165, 1.54) is 0 Å². The number of hydrogen-bond acceptors (Lipinski definition) is 7. The van der Waals surface area contributed by atoms with Gasteiger partial charge in [0.05, 0.1) is 5.54 Å². The fourth-order valence-corrected chi connectivity index (χ4v) is 2.00. The predicted molar refractivity (Wildman–Crippen MR) is 66.5 cm³/mol. The number of rotatable bonds is 4. The summed E-state index contributed by atoms with van der Waals surface area (Å²) in [5, 5.41) is 25.3. The molecule has 2 rings (SSSR count). The lowest BCUT2D eigenvalue weighted by atomic mass is 10.0. The molecule has 0 saturated carbocycles. The summed E-state index contributed by atoms with van der Waals surface area (Å²) in [6.45, 7) is 4.90. The van der Waals surface area contributed by atoms with E-state index in [9.17, 15) is 10.2 Å². The van der Waals surface area contributed by atoms with Crippen LogP contribution in [0.5, 0.6) is 0 Å². The van der Waals surface area contributed by atoms with Gasteiger partial charge in [-0.1, -0.05) is 0 Å². The standard InChI is InChI=1S/C11H19N5O2/c1-11(2)8(17)15-10(18)16(11)7-6-14-9-12-4-3-5-13-9/h3-5,8,10,15,17-18H,6-7H2,1-2H3,(H,12,13,14). The van der Waals surface area contributed by atoms with Crippen LogP contribution in [0.15, 0.2) is 18.5 Å². The minimum absolute atomic E-state index is 0.515. The fraction of sp³-hybridized carbons (Fsp3) is 0.636. The molecule has 1 aliphatic rings. The van der Waals surface area contributed by atoms with Gasteiger partial charge in [-0.3, -0.25) is 10.2 Å². The summed E-state index contributed by atoms with van der Waals surface area (Å²) in [4.78, 5) is 9.88. The molecule has 1 aromatic heterocycles. The molecule has 1 aliphatic heterocycles. The van der Waals surface area contributed by atoms with Crippen LogP contribution >= 0.6 is 0 Å². The van der Waals surface area contributed by atoms with E-state index < -0.39 is 18.1 Å². The van der Waals surface area contributed by atoms with Crippen molar-refractivity contribution in [3.8, 4) is 0 Å². The first-order chi connectivity index (χ1) is 8.51. The van der Waals surface area contributed by atoms with Crippen molar-refractivity contribution in [1.29, 1.82) is 0 Å². The minimum Gasteiger partial charge on any atom is -0.377 e. The van der Waals surface area contributed by atoms with Gasteiger partial charge in [0, 0.05) is 25.5 Å². The second-order valence-corrected chi connectivity index (χ2v) is 4.79. The van der Waals surface area contributed by atoms with Gasteiger partial charge in [-0.05, 0) is 19.9 Å². The number of aliphatic hydroxyl groups excluding tert-OH is 2. The van der Waals surface area contributed by atoms with Crippen molar-refractivity contribution in [3.05, 3.63) is 18.5 Å². The Morgan fingerprint density at radius 2 is 2.06 bits per heavy atom. The average Bonchev–Trinajstić information content (AvgIpc) is 2.53. The summed E-state index contributed by atoms with van der Waals surface area (Å²) in [6.07, 6.45) is 1.74. The number of anilines is 1. The van der Waals surface area contributed by atoms with Crippen molar-refractivity contribution >= 4 is 5.95 Å². The summed E-state index contributed by atoms with van der Waals surface area (Å²) in [7, 11) is 0. The van der Waals surface area contributed by atoms with E-state index >= 15 is 0 Å². The fourth-order valence-electron chi connectivity index (χ4n) is 2.00. The average molecular weight is 253 g/mol. The molecule has 0 aromatic carbocycles. The number of hydrogen-bond donors (Lipinski definition) is 4. The van der Waals surface area contributed by atoms with E-state index in [0.717, 1.165) is 0 Å². The Labute approximate surface area is 106 Å². The Hall–Kier alpha value is -1.28. The topological polar surface area (TPSA) is 93.5 Å². The molecule has 0 radical (unpaired) electrons. The molecule has 1 saturated heterocycles. The molecule has 4 N–H and O–H groups in total. The van der Waals surface area contributed by atoms with Crippen molar-refractivity contribution in [1.82, 2.24) is 20.2 Å². The highest BCUT2D eigenvalue weighted by atomic mass is 16.3. The molecule has 100 valence electrons. The summed E-state index contributed by atoms with van der Waals surface area (Å²) in [6, 6.07) is 1.75. The predicted octanol–water partition coefficient (Wildman–Crippen LogP) is -0.833. The quantitative estimate of drug-likeness (QED) is 0.556. The second kappa shape index (κ2) is 5.15. The van der Waals surface area contributed by atoms with E-state index in [4.69, 9.17) is 0 Å². The van der Waals surface area contributed by atoms with Crippen LogP contribution in [0.1, 0.15) is 13.8 Å². The van der Waals surface area contributed by atoms with E-state index in [-0.39, 0.29) is 0 Å².